The molecule has 0 aliphatic rings. The van der Waals surface area contributed by atoms with Crippen molar-refractivity contribution in [2.24, 2.45) is 0 Å². The van der Waals surface area contributed by atoms with E-state index < -0.39 is 17.9 Å². The Hall–Kier alpha value is -2.90. The molecule has 1 rings (SSSR count). The molecule has 0 fully saturated rings. The molecular formula is C14H18O8. The first-order valence-corrected chi connectivity index (χ1v) is 6.01. The van der Waals surface area contributed by atoms with Crippen molar-refractivity contribution >= 4 is 23.9 Å². The number of aliphatic carboxylic acids is 1. The predicted octanol–water partition coefficient (Wildman–Crippen LogP) is 1.74. The van der Waals surface area contributed by atoms with Crippen LogP contribution >= 0.6 is 0 Å². The van der Waals surface area contributed by atoms with E-state index in [0.717, 1.165) is 6.92 Å². The van der Waals surface area contributed by atoms with E-state index in [1.165, 1.54) is 31.2 Å². The van der Waals surface area contributed by atoms with Crippen LogP contribution in [-0.4, -0.2) is 45.8 Å². The largest absolute Gasteiger partial charge is 0.481 e. The molecule has 0 saturated heterocycles. The highest BCUT2D eigenvalue weighted by Crippen LogP contribution is 2.07. The molecule has 3 N–H and O–H groups in total. The van der Waals surface area contributed by atoms with Gasteiger partial charge < -0.3 is 20.1 Å². The molecule has 1 aromatic carbocycles. The normalized spacial score (nSPS) is 8.32. The van der Waals surface area contributed by atoms with Crippen LogP contribution in [0.5, 0.6) is 0 Å². The minimum absolute atomic E-state index is 0.190. The monoisotopic (exact) mass is 314 g/mol. The number of aromatic carboxylic acids is 2. The molecule has 22 heavy (non-hydrogen) atoms. The van der Waals surface area contributed by atoms with Crippen molar-refractivity contribution in [3.63, 3.8) is 0 Å². The summed E-state index contributed by atoms with van der Waals surface area (Å²) in [7, 11) is 0. The van der Waals surface area contributed by atoms with Crippen LogP contribution in [0.15, 0.2) is 24.3 Å². The van der Waals surface area contributed by atoms with Crippen molar-refractivity contribution in [3.05, 3.63) is 35.4 Å². The van der Waals surface area contributed by atoms with Gasteiger partial charge in [0, 0.05) is 13.8 Å². The van der Waals surface area contributed by atoms with Gasteiger partial charge in [0.25, 0.3) is 5.97 Å². The van der Waals surface area contributed by atoms with Crippen molar-refractivity contribution < 1.29 is 39.2 Å². The number of carbonyl (C=O) groups is 4. The molecule has 0 radical (unpaired) electrons. The highest BCUT2D eigenvalue weighted by atomic mass is 16.5. The van der Waals surface area contributed by atoms with E-state index in [4.69, 9.17) is 20.1 Å². The number of ether oxygens (including phenoxy) is 1. The minimum atomic E-state index is -1.23. The lowest BCUT2D eigenvalue weighted by Gasteiger charge is -1.98. The molecule has 8 heteroatoms. The number of benzene rings is 1. The molecular weight excluding hydrogens is 296 g/mol. The lowest BCUT2D eigenvalue weighted by Crippen LogP contribution is -2.06. The number of hydrogen-bond donors (Lipinski definition) is 3. The van der Waals surface area contributed by atoms with Gasteiger partial charge in [0.15, 0.2) is 0 Å². The molecule has 0 heterocycles. The highest BCUT2D eigenvalue weighted by molar-refractivity contribution is 6.01. The van der Waals surface area contributed by atoms with Crippen molar-refractivity contribution in [1.29, 1.82) is 0 Å². The SMILES string of the molecule is CC(=O)O.CCOC(C)=O.O=C(O)c1ccccc1C(=O)O. The summed E-state index contributed by atoms with van der Waals surface area (Å²) in [5.41, 5.74) is -0.380. The lowest BCUT2D eigenvalue weighted by molar-refractivity contribution is -0.140. The van der Waals surface area contributed by atoms with Gasteiger partial charge in [-0.05, 0) is 19.1 Å². The smallest absolute Gasteiger partial charge is 0.336 e. The van der Waals surface area contributed by atoms with Crippen molar-refractivity contribution in [2.75, 3.05) is 6.61 Å². The molecule has 0 saturated carbocycles. The van der Waals surface area contributed by atoms with E-state index in [1.807, 2.05) is 0 Å². The number of carboxylic acid groups (broad SMARTS) is 3. The molecule has 0 aliphatic carbocycles. The summed E-state index contributed by atoms with van der Waals surface area (Å²) < 4.78 is 4.40. The third kappa shape index (κ3) is 12.2. The van der Waals surface area contributed by atoms with Crippen molar-refractivity contribution in [3.8, 4) is 0 Å². The van der Waals surface area contributed by atoms with Gasteiger partial charge >= 0.3 is 17.9 Å². The highest BCUT2D eigenvalue weighted by Gasteiger charge is 2.13. The van der Waals surface area contributed by atoms with Crippen LogP contribution in [0.1, 0.15) is 41.5 Å². The maximum absolute atomic E-state index is 10.5. The number of carbonyl (C=O) groups excluding carboxylic acids is 1. The van der Waals surface area contributed by atoms with Gasteiger partial charge in [0.2, 0.25) is 0 Å². The van der Waals surface area contributed by atoms with Crippen molar-refractivity contribution in [1.82, 2.24) is 0 Å². The maximum atomic E-state index is 10.5. The molecule has 0 atom stereocenters. The predicted molar refractivity (Wildman–Crippen MR) is 76.0 cm³/mol. The topological polar surface area (TPSA) is 138 Å². The van der Waals surface area contributed by atoms with Gasteiger partial charge in [-0.2, -0.15) is 0 Å². The first-order valence-electron chi connectivity index (χ1n) is 6.01. The minimum Gasteiger partial charge on any atom is -0.481 e. The van der Waals surface area contributed by atoms with Crippen LogP contribution in [0.25, 0.3) is 0 Å². The Bertz CT molecular complexity index is 484. The first-order chi connectivity index (χ1) is 10.1. The molecule has 0 aromatic heterocycles. The Kier molecular flexibility index (Phi) is 11.6. The number of hydrogen-bond acceptors (Lipinski definition) is 5. The summed E-state index contributed by atoms with van der Waals surface area (Å²) in [4.78, 5) is 39.7. The Labute approximate surface area is 127 Å². The second-order valence-electron chi connectivity index (χ2n) is 3.60. The van der Waals surface area contributed by atoms with Crippen LogP contribution in [-0.2, 0) is 14.3 Å². The number of rotatable bonds is 3. The fourth-order valence-electron chi connectivity index (χ4n) is 1.06. The number of carboxylic acids is 3. The zero-order chi connectivity index (χ0) is 17.7. The van der Waals surface area contributed by atoms with Gasteiger partial charge in [-0.25, -0.2) is 9.59 Å². The maximum Gasteiger partial charge on any atom is 0.336 e. The molecule has 0 bridgehead atoms. The van der Waals surface area contributed by atoms with Gasteiger partial charge in [-0.15, -0.1) is 0 Å². The number of esters is 1. The van der Waals surface area contributed by atoms with Crippen LogP contribution in [0.2, 0.25) is 0 Å². The standard InChI is InChI=1S/C8H6O4.C4H8O2.C2H4O2/c9-7(10)5-3-1-2-4-6(5)8(11)12;1-3-6-4(2)5;1-2(3)4/h1-4H,(H,9,10)(H,11,12);3H2,1-2H3;1H3,(H,3,4). The molecule has 0 spiro atoms. The third-order valence-corrected chi connectivity index (χ3v) is 1.74. The Balaban J connectivity index is 0. The van der Waals surface area contributed by atoms with Gasteiger partial charge in [0.05, 0.1) is 17.7 Å². The third-order valence-electron chi connectivity index (χ3n) is 1.74. The zero-order valence-corrected chi connectivity index (χ0v) is 12.4. The quantitative estimate of drug-likeness (QED) is 0.717. The summed E-state index contributed by atoms with van der Waals surface area (Å²) in [6, 6.07) is 5.48. The van der Waals surface area contributed by atoms with Gasteiger partial charge in [0.1, 0.15) is 0 Å². The molecule has 0 aliphatic heterocycles. The molecule has 1 aromatic rings. The average molecular weight is 314 g/mol. The Morgan fingerprint density at radius 3 is 1.36 bits per heavy atom. The van der Waals surface area contributed by atoms with E-state index in [0.29, 0.717) is 6.61 Å². The van der Waals surface area contributed by atoms with Gasteiger partial charge in [-0.1, -0.05) is 12.1 Å². The van der Waals surface area contributed by atoms with Gasteiger partial charge in [-0.3, -0.25) is 9.59 Å². The summed E-state index contributed by atoms with van der Waals surface area (Å²) in [5, 5.41) is 24.5. The summed E-state index contributed by atoms with van der Waals surface area (Å²) in [5.74, 6) is -3.50. The fraction of sp³-hybridized carbons (Fsp3) is 0.286. The van der Waals surface area contributed by atoms with Crippen LogP contribution in [0.4, 0.5) is 0 Å². The van der Waals surface area contributed by atoms with E-state index in [1.54, 1.807) is 6.92 Å². The molecule has 0 amide bonds. The fourth-order valence-corrected chi connectivity index (χ4v) is 1.06. The van der Waals surface area contributed by atoms with E-state index in [9.17, 15) is 14.4 Å². The van der Waals surface area contributed by atoms with E-state index in [2.05, 4.69) is 4.74 Å². The van der Waals surface area contributed by atoms with Crippen LogP contribution in [0, 0.1) is 0 Å². The summed E-state index contributed by atoms with van der Waals surface area (Å²) >= 11 is 0. The molecule has 8 nitrogen and oxygen atoms in total. The lowest BCUT2D eigenvalue weighted by atomic mass is 10.1. The first kappa shape index (κ1) is 21.4. The van der Waals surface area contributed by atoms with E-state index >= 15 is 0 Å². The second kappa shape index (κ2) is 11.9. The molecule has 122 valence electrons. The Morgan fingerprint density at radius 1 is 0.909 bits per heavy atom. The van der Waals surface area contributed by atoms with Crippen LogP contribution in [0.3, 0.4) is 0 Å². The van der Waals surface area contributed by atoms with E-state index in [-0.39, 0.29) is 17.1 Å². The second-order valence-corrected chi connectivity index (χ2v) is 3.60. The average Bonchev–Trinajstić information content (AvgIpc) is 2.38. The molecule has 0 unspecified atom stereocenters. The zero-order valence-electron chi connectivity index (χ0n) is 12.4. The Morgan fingerprint density at radius 2 is 1.23 bits per heavy atom. The van der Waals surface area contributed by atoms with Crippen molar-refractivity contribution in [2.45, 2.75) is 20.8 Å². The summed E-state index contributed by atoms with van der Waals surface area (Å²) in [6.45, 7) is 4.74. The van der Waals surface area contributed by atoms with Crippen LogP contribution < -0.4 is 0 Å². The summed E-state index contributed by atoms with van der Waals surface area (Å²) in [6.07, 6.45) is 0.